The summed E-state index contributed by atoms with van der Waals surface area (Å²) >= 11 is 0. The lowest BCUT2D eigenvalue weighted by atomic mass is 9.97. The number of hydrogen-bond donors (Lipinski definition) is 0. The molecule has 0 bridgehead atoms. The molecule has 0 aliphatic rings. The van der Waals surface area contributed by atoms with Crippen molar-refractivity contribution in [2.45, 2.75) is 27.7 Å². The smallest absolute Gasteiger partial charge is 0.0620 e. The monoisotopic (exact) mass is 807 g/mol. The molecule has 0 radical (unpaired) electrons. The number of hydrogen-bond acceptors (Lipinski definition) is 2. The lowest BCUT2D eigenvalue weighted by Gasteiger charge is -2.26. The third kappa shape index (κ3) is 6.03. The van der Waals surface area contributed by atoms with Gasteiger partial charge >= 0.3 is 0 Å². The number of benzene rings is 10. The molecule has 3 heteroatoms. The van der Waals surface area contributed by atoms with Crippen LogP contribution in [0.1, 0.15) is 22.3 Å². The van der Waals surface area contributed by atoms with Gasteiger partial charge in [-0.15, -0.1) is 0 Å². The molecule has 2 heterocycles. The van der Waals surface area contributed by atoms with Gasteiger partial charge in [0.1, 0.15) is 0 Å². The molecule has 300 valence electrons. The van der Waals surface area contributed by atoms with E-state index in [-0.39, 0.29) is 0 Å². The highest BCUT2D eigenvalue weighted by molar-refractivity contribution is 6.27. The minimum absolute atomic E-state index is 1.13. The van der Waals surface area contributed by atoms with Crippen LogP contribution in [0.3, 0.4) is 0 Å². The molecule has 63 heavy (non-hydrogen) atoms. The van der Waals surface area contributed by atoms with Crippen LogP contribution in [0.25, 0.3) is 70.8 Å². The van der Waals surface area contributed by atoms with Crippen LogP contribution in [0.5, 0.6) is 0 Å². The first-order chi connectivity index (χ1) is 30.9. The Balaban J connectivity index is 1.11. The van der Waals surface area contributed by atoms with Crippen molar-refractivity contribution in [2.24, 2.45) is 0 Å². The maximum atomic E-state index is 2.54. The predicted octanol–water partition coefficient (Wildman–Crippen LogP) is 17.0. The Bertz CT molecular complexity index is 3490. The number of aryl methyl sites for hydroxylation is 4. The Labute approximate surface area is 367 Å². The number of fused-ring (bicyclic) bond motifs is 8. The van der Waals surface area contributed by atoms with E-state index >= 15 is 0 Å². The van der Waals surface area contributed by atoms with Crippen LogP contribution >= 0.6 is 0 Å². The van der Waals surface area contributed by atoms with Crippen LogP contribution in [0, 0.1) is 27.7 Å². The van der Waals surface area contributed by atoms with Gasteiger partial charge in [0.05, 0.1) is 16.6 Å². The molecular weight excluding hydrogens is 763 g/mol. The Hall–Kier alpha value is -7.88. The molecule has 0 aliphatic carbocycles. The zero-order chi connectivity index (χ0) is 42.3. The molecular formula is C60H45N3. The Kier molecular flexibility index (Phi) is 8.42. The molecule has 0 spiro atoms. The second-order valence-corrected chi connectivity index (χ2v) is 17.3. The van der Waals surface area contributed by atoms with E-state index in [1.807, 2.05) is 0 Å². The van der Waals surface area contributed by atoms with Crippen LogP contribution in [0.15, 0.2) is 200 Å². The van der Waals surface area contributed by atoms with E-state index in [0.29, 0.717) is 0 Å². The van der Waals surface area contributed by atoms with Gasteiger partial charge in [-0.1, -0.05) is 91.0 Å². The van der Waals surface area contributed by atoms with Crippen LogP contribution in [0.2, 0.25) is 0 Å². The highest BCUT2D eigenvalue weighted by Crippen LogP contribution is 2.46. The van der Waals surface area contributed by atoms with Crippen molar-refractivity contribution in [3.05, 3.63) is 222 Å². The van der Waals surface area contributed by atoms with Crippen molar-refractivity contribution in [1.82, 2.24) is 4.40 Å². The van der Waals surface area contributed by atoms with Crippen LogP contribution in [-0.2, 0) is 0 Å². The fourth-order valence-corrected chi connectivity index (χ4v) is 9.86. The molecule has 0 amide bonds. The molecule has 10 aromatic carbocycles. The fraction of sp³-hybridized carbons (Fsp3) is 0.0667. The normalized spacial score (nSPS) is 11.8. The first-order valence-electron chi connectivity index (χ1n) is 21.9. The number of nitrogens with zero attached hydrogens (tertiary/aromatic N) is 3. The molecule has 12 rings (SSSR count). The van der Waals surface area contributed by atoms with Gasteiger partial charge in [0.25, 0.3) is 0 Å². The van der Waals surface area contributed by atoms with Crippen LogP contribution in [0.4, 0.5) is 34.1 Å². The van der Waals surface area contributed by atoms with Gasteiger partial charge < -0.3 is 14.2 Å². The standard InChI is InChI=1S/C60H45N3/c1-38-20-24-50(28-40(38)3)61(48-16-10-6-11-17-48)52-26-22-43-32-54-56-34-47(42-14-8-5-9-15-42)35-57-55-33-44-23-27-53(31-46(44)37-59(55)63(60(56)57)58(54)36-45(43)30-52)62(49-18-12-7-13-19-49)51-25-21-39(2)41(4)29-51/h5-37H,1-4H3. The SMILES string of the molecule is Cc1ccc(N(c2ccccc2)c2ccc3cc4c5cc(-c6ccccc6)cc6c7cc8ccc(N(c9ccccc9)c9ccc(C)c(C)c9)cc8cc7n(c4cc3c2)c56)cc1C. The Morgan fingerprint density at radius 1 is 0.286 bits per heavy atom. The summed E-state index contributed by atoms with van der Waals surface area (Å²) in [6, 6.07) is 74.2. The van der Waals surface area contributed by atoms with Crippen LogP contribution in [-0.4, -0.2) is 4.40 Å². The maximum Gasteiger partial charge on any atom is 0.0620 e. The highest BCUT2D eigenvalue weighted by atomic mass is 15.1. The van der Waals surface area contributed by atoms with E-state index in [0.717, 1.165) is 34.1 Å². The van der Waals surface area contributed by atoms with Crippen molar-refractivity contribution >= 4 is 93.8 Å². The zero-order valence-electron chi connectivity index (χ0n) is 35.9. The molecule has 0 N–H and O–H groups in total. The summed E-state index contributed by atoms with van der Waals surface area (Å²) in [5, 5.41) is 9.95. The summed E-state index contributed by atoms with van der Waals surface area (Å²) in [7, 11) is 0. The van der Waals surface area contributed by atoms with Gasteiger partial charge in [-0.05, 0) is 192 Å². The number of aromatic nitrogens is 1. The Morgan fingerprint density at radius 3 is 1.14 bits per heavy atom. The third-order valence-corrected chi connectivity index (χ3v) is 13.4. The predicted molar refractivity (Wildman–Crippen MR) is 270 cm³/mol. The number of rotatable bonds is 7. The lowest BCUT2D eigenvalue weighted by molar-refractivity contribution is 1.25. The molecule has 0 saturated carbocycles. The van der Waals surface area contributed by atoms with E-state index in [9.17, 15) is 0 Å². The van der Waals surface area contributed by atoms with Gasteiger partial charge in [0.15, 0.2) is 0 Å². The molecule has 3 nitrogen and oxygen atoms in total. The quantitative estimate of drug-likeness (QED) is 0.159. The molecule has 2 aromatic heterocycles. The summed E-state index contributed by atoms with van der Waals surface area (Å²) < 4.78 is 2.54. The summed E-state index contributed by atoms with van der Waals surface area (Å²) in [6.07, 6.45) is 0. The third-order valence-electron chi connectivity index (χ3n) is 13.4. The molecule has 0 fully saturated rings. The maximum absolute atomic E-state index is 2.54. The summed E-state index contributed by atoms with van der Waals surface area (Å²) in [5.41, 5.74) is 18.1. The highest BCUT2D eigenvalue weighted by Gasteiger charge is 2.22. The van der Waals surface area contributed by atoms with Gasteiger partial charge in [-0.25, -0.2) is 0 Å². The molecule has 0 atom stereocenters. The first kappa shape index (κ1) is 36.9. The molecule has 0 aliphatic heterocycles. The van der Waals surface area contributed by atoms with Crippen molar-refractivity contribution in [3.8, 4) is 11.1 Å². The van der Waals surface area contributed by atoms with E-state index in [4.69, 9.17) is 0 Å². The second kappa shape index (κ2) is 14.4. The lowest BCUT2D eigenvalue weighted by Crippen LogP contribution is -2.10. The minimum Gasteiger partial charge on any atom is -0.310 e. The van der Waals surface area contributed by atoms with Crippen molar-refractivity contribution < 1.29 is 0 Å². The van der Waals surface area contributed by atoms with Crippen molar-refractivity contribution in [2.75, 3.05) is 9.80 Å². The van der Waals surface area contributed by atoms with Gasteiger partial charge in [-0.3, -0.25) is 0 Å². The van der Waals surface area contributed by atoms with E-state index in [1.54, 1.807) is 0 Å². The van der Waals surface area contributed by atoms with Gasteiger partial charge in [-0.2, -0.15) is 0 Å². The largest absolute Gasteiger partial charge is 0.310 e. The molecule has 0 unspecified atom stereocenters. The van der Waals surface area contributed by atoms with Crippen molar-refractivity contribution in [1.29, 1.82) is 0 Å². The zero-order valence-corrected chi connectivity index (χ0v) is 35.9. The topological polar surface area (TPSA) is 10.9 Å². The average molecular weight is 808 g/mol. The van der Waals surface area contributed by atoms with E-state index < -0.39 is 0 Å². The van der Waals surface area contributed by atoms with Crippen LogP contribution < -0.4 is 9.80 Å². The van der Waals surface area contributed by atoms with Gasteiger partial charge in [0, 0.05) is 55.7 Å². The van der Waals surface area contributed by atoms with E-state index in [1.165, 1.54) is 93.0 Å². The summed E-state index contributed by atoms with van der Waals surface area (Å²) in [4.78, 5) is 4.76. The minimum atomic E-state index is 1.13. The first-order valence-corrected chi connectivity index (χ1v) is 21.9. The van der Waals surface area contributed by atoms with E-state index in [2.05, 4.69) is 242 Å². The Morgan fingerprint density at radius 2 is 0.698 bits per heavy atom. The van der Waals surface area contributed by atoms with Crippen molar-refractivity contribution in [3.63, 3.8) is 0 Å². The summed E-state index contributed by atoms with van der Waals surface area (Å²) in [5.74, 6) is 0. The van der Waals surface area contributed by atoms with Gasteiger partial charge in [0.2, 0.25) is 0 Å². The number of para-hydroxylation sites is 2. The fourth-order valence-electron chi connectivity index (χ4n) is 9.86. The molecule has 0 saturated heterocycles. The average Bonchev–Trinajstić information content (AvgIpc) is 3.81. The second-order valence-electron chi connectivity index (χ2n) is 17.3. The molecule has 12 aromatic rings. The summed E-state index contributed by atoms with van der Waals surface area (Å²) in [6.45, 7) is 8.75. The number of anilines is 6.